The van der Waals surface area contributed by atoms with E-state index in [1.165, 1.54) is 0 Å². The van der Waals surface area contributed by atoms with Crippen molar-refractivity contribution in [3.05, 3.63) is 39.0 Å². The second-order valence-electron chi connectivity index (χ2n) is 7.70. The summed E-state index contributed by atoms with van der Waals surface area (Å²) in [5.41, 5.74) is 2.85. The van der Waals surface area contributed by atoms with Crippen LogP contribution in [0.25, 0.3) is 5.57 Å². The van der Waals surface area contributed by atoms with Gasteiger partial charge in [-0.3, -0.25) is 4.99 Å². The molecule has 1 aliphatic carbocycles. The second kappa shape index (κ2) is 4.92. The van der Waals surface area contributed by atoms with Gasteiger partial charge in [0.1, 0.15) is 18.5 Å². The SMILES string of the molecule is C[N+]1=C(Br)C2=c3c4c5c(c(O)c31)=NC=CC51C=C(Br)C(O)C(C1O)N4CC2. The van der Waals surface area contributed by atoms with E-state index in [0.717, 1.165) is 38.8 Å². The number of aliphatic hydroxyl groups is 2. The summed E-state index contributed by atoms with van der Waals surface area (Å²) in [6.45, 7) is 0.681. The lowest BCUT2D eigenvalue weighted by molar-refractivity contribution is -0.399. The summed E-state index contributed by atoms with van der Waals surface area (Å²) in [7, 11) is 1.92. The fourth-order valence-electron chi connectivity index (χ4n) is 5.45. The van der Waals surface area contributed by atoms with Gasteiger partial charge in [-0.2, -0.15) is 4.58 Å². The Bertz CT molecular complexity index is 1190. The summed E-state index contributed by atoms with van der Waals surface area (Å²) >= 11 is 7.18. The smallest absolute Gasteiger partial charge is 0.260 e. The maximum atomic E-state index is 11.3. The third kappa shape index (κ3) is 1.62. The molecule has 2 bridgehead atoms. The van der Waals surface area contributed by atoms with Gasteiger partial charge in [0.2, 0.25) is 5.75 Å². The molecule has 0 radical (unpaired) electrons. The number of hydrogen-bond acceptors (Lipinski definition) is 5. The Kier molecular flexibility index (Phi) is 3.00. The van der Waals surface area contributed by atoms with Gasteiger partial charge in [-0.05, 0) is 12.5 Å². The van der Waals surface area contributed by atoms with Crippen LogP contribution in [0.2, 0.25) is 0 Å². The van der Waals surface area contributed by atoms with Crippen molar-refractivity contribution in [2.75, 3.05) is 18.5 Å². The van der Waals surface area contributed by atoms with Crippen molar-refractivity contribution in [1.29, 1.82) is 0 Å². The molecule has 3 N–H and O–H groups in total. The zero-order chi connectivity index (χ0) is 18.8. The normalized spacial score (nSPS) is 34.6. The van der Waals surface area contributed by atoms with E-state index >= 15 is 0 Å². The van der Waals surface area contributed by atoms with Gasteiger partial charge in [0, 0.05) is 44.3 Å². The highest BCUT2D eigenvalue weighted by molar-refractivity contribution is 9.18. The van der Waals surface area contributed by atoms with Gasteiger partial charge in [-0.1, -0.05) is 22.0 Å². The molecule has 0 aromatic heterocycles. The van der Waals surface area contributed by atoms with Crippen LogP contribution in [0.5, 0.6) is 5.75 Å². The number of anilines is 1. The van der Waals surface area contributed by atoms with E-state index in [-0.39, 0.29) is 5.75 Å². The van der Waals surface area contributed by atoms with Crippen LogP contribution in [-0.2, 0) is 5.41 Å². The number of aromatic hydroxyl groups is 1. The highest BCUT2D eigenvalue weighted by Crippen LogP contribution is 2.52. The van der Waals surface area contributed by atoms with Crippen LogP contribution in [-0.4, -0.2) is 56.4 Å². The van der Waals surface area contributed by atoms with Gasteiger partial charge < -0.3 is 20.2 Å². The summed E-state index contributed by atoms with van der Waals surface area (Å²) in [6, 6.07) is -0.465. The Labute approximate surface area is 171 Å². The molecular formula is C19H16Br2N3O3+. The van der Waals surface area contributed by atoms with Gasteiger partial charge in [0.05, 0.1) is 28.5 Å². The van der Waals surface area contributed by atoms with E-state index in [1.807, 2.05) is 23.8 Å². The van der Waals surface area contributed by atoms with Gasteiger partial charge >= 0.3 is 0 Å². The molecule has 1 spiro atoms. The molecule has 0 amide bonds. The van der Waals surface area contributed by atoms with Crippen molar-refractivity contribution in [3.63, 3.8) is 0 Å². The second-order valence-corrected chi connectivity index (χ2v) is 9.37. The molecule has 27 heavy (non-hydrogen) atoms. The van der Waals surface area contributed by atoms with Gasteiger partial charge in [-0.25, -0.2) is 0 Å². The fourth-order valence-corrected chi connectivity index (χ4v) is 6.67. The van der Waals surface area contributed by atoms with E-state index in [2.05, 4.69) is 41.8 Å². The largest absolute Gasteiger partial charge is 0.501 e. The van der Waals surface area contributed by atoms with Crippen molar-refractivity contribution >= 4 is 53.4 Å². The van der Waals surface area contributed by atoms with Crippen LogP contribution in [0.4, 0.5) is 11.4 Å². The topological polar surface area (TPSA) is 79.3 Å². The standard InChI is InChI=1S/C19H15Br2N3O3/c1-23-13-9-7(18(23)21)2-5-24-12(9)10-11(16(13)26)22-4-3-19(10)6-8(20)15(25)14(24)17(19)27/h3-4,6,14-15,17,25,27H,2,5H2,1H3/p+1. The molecule has 0 saturated heterocycles. The van der Waals surface area contributed by atoms with E-state index < -0.39 is 23.7 Å². The maximum Gasteiger partial charge on any atom is 0.260 e. The van der Waals surface area contributed by atoms with Gasteiger partial charge in [0.25, 0.3) is 10.3 Å². The minimum absolute atomic E-state index is 0.130. The molecule has 6 nitrogen and oxygen atoms in total. The predicted octanol–water partition coefficient (Wildman–Crippen LogP) is 0.615. The van der Waals surface area contributed by atoms with Crippen LogP contribution in [0, 0.1) is 0 Å². The van der Waals surface area contributed by atoms with Crippen molar-refractivity contribution in [2.45, 2.75) is 30.1 Å². The lowest BCUT2D eigenvalue weighted by atomic mass is 9.63. The minimum Gasteiger partial charge on any atom is -0.501 e. The van der Waals surface area contributed by atoms with Crippen molar-refractivity contribution in [1.82, 2.24) is 0 Å². The number of benzene rings is 1. The Morgan fingerprint density at radius 2 is 2.11 bits per heavy atom. The fraction of sp³-hybridized carbons (Fsp3) is 0.368. The Morgan fingerprint density at radius 3 is 2.89 bits per heavy atom. The van der Waals surface area contributed by atoms with Crippen molar-refractivity contribution < 1.29 is 19.9 Å². The number of phenolic OH excluding ortho intramolecular Hbond substituents is 1. The number of aliphatic hydroxyl groups excluding tert-OH is 2. The highest BCUT2D eigenvalue weighted by atomic mass is 79.9. The molecule has 0 saturated carbocycles. The summed E-state index contributed by atoms with van der Waals surface area (Å²) < 4.78 is 3.55. The predicted molar refractivity (Wildman–Crippen MR) is 108 cm³/mol. The third-order valence-corrected chi connectivity index (χ3v) is 8.32. The number of halogens is 2. The monoisotopic (exact) mass is 492 g/mol. The minimum atomic E-state index is -0.836. The van der Waals surface area contributed by atoms with Crippen LogP contribution < -0.4 is 15.5 Å². The quantitative estimate of drug-likeness (QED) is 0.463. The van der Waals surface area contributed by atoms with Crippen molar-refractivity contribution in [3.8, 4) is 5.75 Å². The lowest BCUT2D eigenvalue weighted by Gasteiger charge is -2.55. The number of nitrogens with zero attached hydrogens (tertiary/aromatic N) is 3. The molecule has 138 valence electrons. The zero-order valence-corrected chi connectivity index (χ0v) is 17.5. The van der Waals surface area contributed by atoms with E-state index in [9.17, 15) is 15.3 Å². The van der Waals surface area contributed by atoms with E-state index in [0.29, 0.717) is 16.4 Å². The summed E-state index contributed by atoms with van der Waals surface area (Å²) in [4.78, 5) is 6.60. The number of hydrogen-bond donors (Lipinski definition) is 3. The first-order valence-corrected chi connectivity index (χ1v) is 10.4. The molecule has 6 rings (SSSR count). The molecular weight excluding hydrogens is 478 g/mol. The Morgan fingerprint density at radius 1 is 1.33 bits per heavy atom. The van der Waals surface area contributed by atoms with E-state index in [1.54, 1.807) is 6.20 Å². The Balaban J connectivity index is 1.89. The molecule has 0 fully saturated rings. The average Bonchev–Trinajstić information content (AvgIpc) is 2.90. The number of phenols is 1. The zero-order valence-electron chi connectivity index (χ0n) is 14.3. The van der Waals surface area contributed by atoms with E-state index in [4.69, 9.17) is 0 Å². The van der Waals surface area contributed by atoms with Gasteiger partial charge in [0.15, 0.2) is 0 Å². The molecule has 1 aromatic carbocycles. The van der Waals surface area contributed by atoms with Crippen LogP contribution >= 0.6 is 31.9 Å². The summed E-state index contributed by atoms with van der Waals surface area (Å²) in [5.74, 6) is 0.130. The molecule has 4 aliphatic heterocycles. The van der Waals surface area contributed by atoms with Crippen molar-refractivity contribution in [2.24, 2.45) is 4.99 Å². The first-order chi connectivity index (χ1) is 12.9. The van der Waals surface area contributed by atoms with Crippen LogP contribution in [0.3, 0.4) is 0 Å². The summed E-state index contributed by atoms with van der Waals surface area (Å²) in [5, 5.41) is 34.8. The molecule has 4 heterocycles. The highest BCUT2D eigenvalue weighted by Gasteiger charge is 2.58. The lowest BCUT2D eigenvalue weighted by Crippen LogP contribution is -2.67. The number of fused-ring (bicyclic) bond motifs is 2. The molecule has 1 aromatic rings. The first kappa shape index (κ1) is 16.5. The third-order valence-electron chi connectivity index (χ3n) is 6.61. The molecule has 4 atom stereocenters. The van der Waals surface area contributed by atoms with Crippen LogP contribution in [0.15, 0.2) is 27.8 Å². The van der Waals surface area contributed by atoms with Gasteiger partial charge in [-0.15, -0.1) is 0 Å². The maximum absolute atomic E-state index is 11.3. The first-order valence-electron chi connectivity index (χ1n) is 8.84. The number of rotatable bonds is 0. The molecule has 4 unspecified atom stereocenters. The average molecular weight is 494 g/mol. The van der Waals surface area contributed by atoms with Crippen LogP contribution in [0.1, 0.15) is 12.0 Å². The summed E-state index contributed by atoms with van der Waals surface area (Å²) in [6.07, 6.45) is 4.51. The Hall–Kier alpha value is -1.48. The molecule has 8 heteroatoms. The molecule has 5 aliphatic rings.